The normalized spacial score (nSPS) is 17.9. The fourth-order valence-electron chi connectivity index (χ4n) is 14.7. The molecule has 0 radical (unpaired) electrons. The quantitative estimate of drug-likeness (QED) is 0.0460. The van der Waals surface area contributed by atoms with Gasteiger partial charge in [-0.1, -0.05) is 189 Å². The van der Waals surface area contributed by atoms with Crippen molar-refractivity contribution < 1.29 is 22.4 Å². The molecule has 0 spiro atoms. The number of rotatable bonds is 14. The summed E-state index contributed by atoms with van der Waals surface area (Å²) in [5.41, 5.74) is 8.12. The third kappa shape index (κ3) is 31.7. The number of Topliss-reactive ketones (excluding diaryl/α,β-unsaturated/α-hetero) is 1. The molecule has 1 nitrogen and oxygen atoms in total. The van der Waals surface area contributed by atoms with Crippen LogP contribution in [0, 0.1) is 17.0 Å². The van der Waals surface area contributed by atoms with Crippen molar-refractivity contribution in [2.24, 2.45) is 11.8 Å². The van der Waals surface area contributed by atoms with Gasteiger partial charge in [-0.3, -0.25) is 17.7 Å². The number of halogens is 4. The van der Waals surface area contributed by atoms with Gasteiger partial charge in [-0.05, 0) is 90.9 Å². The number of benzene rings is 6. The van der Waals surface area contributed by atoms with Crippen molar-refractivity contribution in [3.05, 3.63) is 258 Å². The first-order valence-corrected chi connectivity index (χ1v) is 47.3. The number of hydrogen-bond donors (Lipinski definition) is 0. The first-order chi connectivity index (χ1) is 47.8. The maximum absolute atomic E-state index is 11.7. The molecule has 101 heavy (non-hydrogen) atoms. The molecule has 0 unspecified atom stereocenters. The van der Waals surface area contributed by atoms with Crippen LogP contribution in [0.2, 0.25) is 41.1 Å². The first-order valence-electron chi connectivity index (χ1n) is 38.3. The largest absolute Gasteiger partial charge is 1.00 e. The molecule has 2 heterocycles. The van der Waals surface area contributed by atoms with Crippen molar-refractivity contribution in [3.63, 3.8) is 0 Å². The molecular formula is C91H131As2B3F4O-2. The Morgan fingerprint density at radius 1 is 0.436 bits per heavy atom. The molecule has 0 N–H and O–H groups in total. The Kier molecular flexibility index (Phi) is 42.9. The molecule has 0 saturated carbocycles. The maximum Gasteiger partial charge on any atom is 0.762 e. The maximum atomic E-state index is 11.7. The van der Waals surface area contributed by atoms with Crippen LogP contribution in [0.4, 0.5) is 12.9 Å². The van der Waals surface area contributed by atoms with Crippen molar-refractivity contribution in [3.8, 4) is 0 Å². The average Bonchev–Trinajstić information content (AvgIpc) is 0.824. The van der Waals surface area contributed by atoms with Gasteiger partial charge in [0.25, 0.3) is 0 Å². The Hall–Kier alpha value is -5.67. The predicted octanol–water partition coefficient (Wildman–Crippen LogP) is 20.8. The Balaban J connectivity index is 0.000000327. The summed E-state index contributed by atoms with van der Waals surface area (Å²) >= 11 is -5.62. The SMILES string of the molecule is C/C1=C\CCCCCC/C=C(\C)CB(C(C)(C)C(C)C)C1.C/C1=C\CCCCCC/C=C(\C)CC(=O)C1.C=C(C)C[AsH](c1ccccc1)(c1ccccc1)c1ccccc1.C=C(C)[CH-][AsH](c1ccccc1)(c1ccccc1)c1ccccc1.CC(C)C(C)(C)B1CCCCCC1.FB(F)F.[F-]. The Bertz CT molecular complexity index is 2970. The Morgan fingerprint density at radius 2 is 0.693 bits per heavy atom. The van der Waals surface area contributed by atoms with Gasteiger partial charge in [0, 0.05) is 12.8 Å². The summed E-state index contributed by atoms with van der Waals surface area (Å²) < 4.78 is 37.8. The van der Waals surface area contributed by atoms with Gasteiger partial charge in [0.15, 0.2) is 6.71 Å². The van der Waals surface area contributed by atoms with Gasteiger partial charge in [0.05, 0.1) is 0 Å². The molecule has 10 heteroatoms. The van der Waals surface area contributed by atoms with Gasteiger partial charge in [-0.2, -0.15) is 0 Å². The molecule has 1 aliphatic carbocycles. The Labute approximate surface area is 621 Å². The van der Waals surface area contributed by atoms with Gasteiger partial charge in [-0.15, -0.1) is 0 Å². The molecule has 0 bridgehead atoms. The van der Waals surface area contributed by atoms with E-state index >= 15 is 0 Å². The summed E-state index contributed by atoms with van der Waals surface area (Å²) in [4.78, 5) is 11.7. The van der Waals surface area contributed by atoms with Crippen LogP contribution >= 0.6 is 0 Å². The zero-order valence-corrected chi connectivity index (χ0v) is 69.4. The standard InChI is InChI=1S/C22H23As.C22H22As.C20H37B.C15H24O.C12H25B.BF3.FH/c2*1-19(2)18-23(20-12-6-3-7-13-20,21-14-8-4-9-15-21)22-16-10-5-11-17-22;1-17(2)20(5,6)21-15-18(3)13-11-9-7-8-10-12-14-19(4)16-21;1-13-9-7-5-3-4-6-8-10-14(2)12-15(16)11-13;1-11(2)12(3,4)13-9-7-5-6-8-10-13;2-1(3)4;/h3-17,23H,1,18H2,2H3;3-18,23H,1H2,2H3;13-14,17H,7-12,15-16H2,1-6H3;9-10H,3-8,11-12H2,1-2H3;11H,5-10H2,1-4H3;;1H/q;-1;;;;;/p-1/b;;18-13+,19-14+;13-9+,14-10+;;;. The van der Waals surface area contributed by atoms with E-state index in [1.54, 1.807) is 11.1 Å². The molecule has 0 aromatic heterocycles. The number of ketones is 1. The third-order valence-electron chi connectivity index (χ3n) is 21.8. The van der Waals surface area contributed by atoms with Crippen molar-refractivity contribution in [2.45, 2.75) is 254 Å². The average molecular weight is 1500 g/mol. The number of allylic oxidation sites excluding steroid dienone is 10. The van der Waals surface area contributed by atoms with E-state index in [4.69, 9.17) is 0 Å². The summed E-state index contributed by atoms with van der Waals surface area (Å²) in [6, 6.07) is 66.0. The van der Waals surface area contributed by atoms with E-state index in [0.717, 1.165) is 48.9 Å². The van der Waals surface area contributed by atoms with Gasteiger partial charge in [0.2, 0.25) is 0 Å². The van der Waals surface area contributed by atoms with E-state index in [0.29, 0.717) is 29.3 Å². The molecule has 0 amide bonds. The summed E-state index contributed by atoms with van der Waals surface area (Å²) in [5.74, 6) is 1.93. The second-order valence-electron chi connectivity index (χ2n) is 31.1. The predicted molar refractivity (Wildman–Crippen MR) is 450 cm³/mol. The van der Waals surface area contributed by atoms with Crippen LogP contribution in [-0.2, 0) is 4.79 Å². The molecule has 550 valence electrons. The zero-order valence-electron chi connectivity index (χ0n) is 65.2. The summed E-state index contributed by atoms with van der Waals surface area (Å²) in [7, 11) is -3.67. The van der Waals surface area contributed by atoms with Crippen LogP contribution in [0.25, 0.3) is 0 Å². The fourth-order valence-corrected chi connectivity index (χ4v) is 34.0. The van der Waals surface area contributed by atoms with Crippen molar-refractivity contribution in [2.75, 3.05) is 0 Å². The number of carbonyl (C=O) groups is 1. The van der Waals surface area contributed by atoms with E-state index in [1.165, 1.54) is 158 Å². The summed E-state index contributed by atoms with van der Waals surface area (Å²) in [6.07, 6.45) is 37.8. The molecule has 0 atom stereocenters. The van der Waals surface area contributed by atoms with Crippen molar-refractivity contribution >= 4 is 80.0 Å². The number of carbonyl (C=O) groups excluding carboxylic acids is 1. The van der Waals surface area contributed by atoms with Gasteiger partial charge >= 0.3 is 291 Å². The molecule has 6 aromatic rings. The molecule has 2 aliphatic heterocycles. The minimum absolute atomic E-state index is 0. The van der Waals surface area contributed by atoms with E-state index < -0.39 is 34.6 Å². The second kappa shape index (κ2) is 48.4. The van der Waals surface area contributed by atoms with E-state index in [2.05, 4.69) is 322 Å². The summed E-state index contributed by atoms with van der Waals surface area (Å²) in [6.45, 7) is 42.8. The van der Waals surface area contributed by atoms with Crippen LogP contribution in [-0.4, -0.2) is 53.9 Å². The topological polar surface area (TPSA) is 17.1 Å². The Morgan fingerprint density at radius 3 is 0.960 bits per heavy atom. The third-order valence-corrected chi connectivity index (χ3v) is 42.3. The van der Waals surface area contributed by atoms with Crippen LogP contribution < -0.4 is 30.8 Å². The molecule has 1 fully saturated rings. The molecule has 9 rings (SSSR count). The van der Waals surface area contributed by atoms with Crippen molar-refractivity contribution in [1.82, 2.24) is 0 Å². The first kappa shape index (κ1) is 89.5. The van der Waals surface area contributed by atoms with Crippen LogP contribution in [0.3, 0.4) is 0 Å². The monoisotopic (exact) mass is 1500 g/mol. The van der Waals surface area contributed by atoms with Gasteiger partial charge in [0.1, 0.15) is 12.5 Å². The van der Waals surface area contributed by atoms with E-state index in [-0.39, 0.29) is 4.70 Å². The smallest absolute Gasteiger partial charge is 0.762 e. The minimum atomic E-state index is -3.67. The zero-order chi connectivity index (χ0) is 73.4. The molecular weight excluding hydrogens is 1370 g/mol. The van der Waals surface area contributed by atoms with Crippen molar-refractivity contribution in [1.29, 1.82) is 0 Å². The van der Waals surface area contributed by atoms with Crippen LogP contribution in [0.1, 0.15) is 213 Å². The van der Waals surface area contributed by atoms with Crippen LogP contribution in [0.15, 0.2) is 253 Å². The molecule has 3 aliphatic rings. The minimum Gasteiger partial charge on any atom is -1.00 e. The summed E-state index contributed by atoms with van der Waals surface area (Å²) in [5, 5.41) is 4.51. The van der Waals surface area contributed by atoms with Gasteiger partial charge < -0.3 is 4.70 Å². The second-order valence-corrected chi connectivity index (χ2v) is 46.9. The number of hydrogen-bond acceptors (Lipinski definition) is 1. The molecule has 1 saturated heterocycles. The fraction of sp³-hybridized carbons (Fsp3) is 0.451. The van der Waals surface area contributed by atoms with E-state index in [1.807, 2.05) is 0 Å². The van der Waals surface area contributed by atoms with E-state index in [9.17, 15) is 17.7 Å². The van der Waals surface area contributed by atoms with Gasteiger partial charge in [-0.25, -0.2) is 0 Å². The van der Waals surface area contributed by atoms with Crippen LogP contribution in [0.5, 0.6) is 0 Å². The molecule has 6 aromatic carbocycles.